The van der Waals surface area contributed by atoms with Gasteiger partial charge in [0.25, 0.3) is 5.91 Å². The van der Waals surface area contributed by atoms with Gasteiger partial charge in [-0.05, 0) is 48.9 Å². The number of ether oxygens (including phenoxy) is 2. The highest BCUT2D eigenvalue weighted by atomic mass is 35.5. The van der Waals surface area contributed by atoms with Gasteiger partial charge >= 0.3 is 5.97 Å². The molecule has 35 heavy (non-hydrogen) atoms. The van der Waals surface area contributed by atoms with E-state index in [9.17, 15) is 19.8 Å². The Morgan fingerprint density at radius 3 is 2.49 bits per heavy atom. The molecule has 1 aliphatic heterocycles. The lowest BCUT2D eigenvalue weighted by Gasteiger charge is -2.24. The number of nitrogens with one attached hydrogen (secondary N) is 1. The fourth-order valence-corrected chi connectivity index (χ4v) is 4.44. The summed E-state index contributed by atoms with van der Waals surface area (Å²) in [6, 6.07) is 14.2. The van der Waals surface area contributed by atoms with E-state index in [1.165, 1.54) is 6.07 Å². The summed E-state index contributed by atoms with van der Waals surface area (Å²) in [5.41, 5.74) is 1.33. The van der Waals surface area contributed by atoms with E-state index in [0.717, 1.165) is 0 Å². The first-order chi connectivity index (χ1) is 16.7. The third-order valence-corrected chi connectivity index (χ3v) is 6.38. The molecule has 3 aromatic rings. The highest BCUT2D eigenvalue weighted by molar-refractivity contribution is 6.35. The van der Waals surface area contributed by atoms with Crippen molar-refractivity contribution >= 4 is 46.7 Å². The van der Waals surface area contributed by atoms with Crippen molar-refractivity contribution in [2.75, 3.05) is 13.2 Å². The molecule has 182 valence electrons. The molecule has 0 aliphatic carbocycles. The summed E-state index contributed by atoms with van der Waals surface area (Å²) in [6.07, 6.45) is -0.632. The number of carboxylic acids is 1. The van der Waals surface area contributed by atoms with Crippen molar-refractivity contribution in [2.45, 2.75) is 18.4 Å². The van der Waals surface area contributed by atoms with Crippen LogP contribution in [0.3, 0.4) is 0 Å². The van der Waals surface area contributed by atoms with E-state index >= 15 is 0 Å². The van der Waals surface area contributed by atoms with Gasteiger partial charge in [0.2, 0.25) is 0 Å². The quantitative estimate of drug-likeness (QED) is 0.350. The molecule has 4 rings (SSSR count). The molecule has 0 bridgehead atoms. The molecule has 7 nitrogen and oxygen atoms in total. The van der Waals surface area contributed by atoms with Crippen molar-refractivity contribution in [3.05, 3.63) is 86.4 Å². The predicted molar refractivity (Wildman–Crippen MR) is 132 cm³/mol. The van der Waals surface area contributed by atoms with Gasteiger partial charge in [-0.15, -0.1) is 0 Å². The molecule has 2 atom stereocenters. The Morgan fingerprint density at radius 2 is 1.80 bits per heavy atom. The minimum Gasteiger partial charge on any atom is -0.493 e. The number of carboxylic acid groups (broad SMARTS) is 1. The molecule has 0 fully saturated rings. The molecule has 3 N–H and O–H groups in total. The van der Waals surface area contributed by atoms with Crippen molar-refractivity contribution in [2.24, 2.45) is 0 Å². The number of rotatable bonds is 7. The zero-order valence-corrected chi connectivity index (χ0v) is 20.4. The lowest BCUT2D eigenvalue weighted by Crippen LogP contribution is -2.28. The third-order valence-electron chi connectivity index (χ3n) is 5.52. The van der Waals surface area contributed by atoms with E-state index in [1.54, 1.807) is 48.5 Å². The molecule has 2 unspecified atom stereocenters. The Labute approximate surface area is 216 Å². The average molecular weight is 537 g/mol. The van der Waals surface area contributed by atoms with Crippen LogP contribution in [0.5, 0.6) is 17.2 Å². The molecule has 0 saturated carbocycles. The molecule has 1 amide bonds. The zero-order chi connectivity index (χ0) is 25.1. The summed E-state index contributed by atoms with van der Waals surface area (Å²) in [4.78, 5) is 24.0. The number of carbonyl (C=O) groups excluding carboxylic acids is 1. The zero-order valence-electron chi connectivity index (χ0n) is 18.1. The predicted octanol–water partition coefficient (Wildman–Crippen LogP) is 5.85. The summed E-state index contributed by atoms with van der Waals surface area (Å²) in [5.74, 6) is -0.869. The summed E-state index contributed by atoms with van der Waals surface area (Å²) in [5, 5.41) is 23.4. The third kappa shape index (κ3) is 5.82. The van der Waals surface area contributed by atoms with Crippen LogP contribution in [0.25, 0.3) is 0 Å². The maximum atomic E-state index is 12.5. The normalized spacial score (nSPS) is 15.5. The van der Waals surface area contributed by atoms with E-state index in [-0.39, 0.29) is 24.1 Å². The summed E-state index contributed by atoms with van der Waals surface area (Å²) >= 11 is 18.3. The molecule has 3 aromatic carbocycles. The highest BCUT2D eigenvalue weighted by Gasteiger charge is 2.29. The SMILES string of the molecule is O=C(NCC(O)c1ccc(Cl)cc1Cl)c1ccc(Oc2cc3c(cc2Cl)C(C(=O)O)CCO3)cc1. The number of amides is 1. The van der Waals surface area contributed by atoms with Crippen molar-refractivity contribution < 1.29 is 29.3 Å². The van der Waals surface area contributed by atoms with Gasteiger partial charge in [-0.1, -0.05) is 40.9 Å². The monoisotopic (exact) mass is 535 g/mol. The second-order valence-corrected chi connectivity index (χ2v) is 9.12. The van der Waals surface area contributed by atoms with Gasteiger partial charge < -0.3 is 25.0 Å². The first kappa shape index (κ1) is 25.1. The van der Waals surface area contributed by atoms with Crippen molar-refractivity contribution in [3.8, 4) is 17.2 Å². The summed E-state index contributed by atoms with van der Waals surface area (Å²) in [6.45, 7) is 0.244. The molecule has 0 saturated heterocycles. The lowest BCUT2D eigenvalue weighted by atomic mass is 9.93. The van der Waals surface area contributed by atoms with Gasteiger partial charge in [-0.25, -0.2) is 0 Å². The van der Waals surface area contributed by atoms with Gasteiger partial charge in [0.15, 0.2) is 0 Å². The Morgan fingerprint density at radius 1 is 1.06 bits per heavy atom. The topological polar surface area (TPSA) is 105 Å². The Kier molecular flexibility index (Phi) is 7.72. The second kappa shape index (κ2) is 10.7. The Bertz CT molecular complexity index is 1260. The number of benzene rings is 3. The van der Waals surface area contributed by atoms with Gasteiger partial charge in [0, 0.05) is 39.3 Å². The van der Waals surface area contributed by atoms with Crippen LogP contribution in [0.1, 0.15) is 39.9 Å². The minimum atomic E-state index is -1.000. The molecular formula is C25H20Cl3NO6. The molecule has 0 aromatic heterocycles. The number of hydrogen-bond donors (Lipinski definition) is 3. The van der Waals surface area contributed by atoms with Gasteiger partial charge in [-0.2, -0.15) is 0 Å². The summed E-state index contributed by atoms with van der Waals surface area (Å²) in [7, 11) is 0. The van der Waals surface area contributed by atoms with Crippen LogP contribution in [0.2, 0.25) is 15.1 Å². The minimum absolute atomic E-state index is 0.0412. The van der Waals surface area contributed by atoms with Crippen LogP contribution in [0, 0.1) is 0 Å². The highest BCUT2D eigenvalue weighted by Crippen LogP contribution is 2.41. The maximum Gasteiger partial charge on any atom is 0.311 e. The van der Waals surface area contributed by atoms with Crippen LogP contribution in [0.4, 0.5) is 0 Å². The van der Waals surface area contributed by atoms with E-state index < -0.39 is 18.0 Å². The molecule has 1 aliphatic rings. The van der Waals surface area contributed by atoms with E-state index in [2.05, 4.69) is 5.32 Å². The van der Waals surface area contributed by atoms with Gasteiger partial charge in [0.05, 0.1) is 23.7 Å². The standard InChI is InChI=1S/C25H20Cl3NO6/c26-14-3-6-17(19(27)9-14)21(30)12-29-24(31)13-1-4-15(5-2-13)35-23-11-22-18(10-20(23)28)16(25(32)33)7-8-34-22/h1-6,9-11,16,21,30H,7-8,12H2,(H,29,31)(H,32,33). The second-order valence-electron chi connectivity index (χ2n) is 7.87. The van der Waals surface area contributed by atoms with Crippen LogP contribution >= 0.6 is 34.8 Å². The van der Waals surface area contributed by atoms with Crippen LogP contribution < -0.4 is 14.8 Å². The average Bonchev–Trinajstić information content (AvgIpc) is 2.82. The fourth-order valence-electron chi connectivity index (χ4n) is 3.70. The lowest BCUT2D eigenvalue weighted by molar-refractivity contribution is -0.139. The van der Waals surface area contributed by atoms with Crippen LogP contribution in [0.15, 0.2) is 54.6 Å². The van der Waals surface area contributed by atoms with E-state index in [0.29, 0.717) is 50.4 Å². The Hall–Kier alpha value is -2.97. The van der Waals surface area contributed by atoms with Gasteiger partial charge in [-0.3, -0.25) is 9.59 Å². The van der Waals surface area contributed by atoms with Crippen molar-refractivity contribution in [1.82, 2.24) is 5.32 Å². The molecule has 10 heteroatoms. The number of halogens is 3. The fraction of sp³-hybridized carbons (Fsp3) is 0.200. The molecule has 0 radical (unpaired) electrons. The Balaban J connectivity index is 1.40. The van der Waals surface area contributed by atoms with Crippen LogP contribution in [-0.4, -0.2) is 35.2 Å². The van der Waals surface area contributed by atoms with Gasteiger partial charge in [0.1, 0.15) is 17.2 Å². The smallest absolute Gasteiger partial charge is 0.311 e. The van der Waals surface area contributed by atoms with E-state index in [4.69, 9.17) is 44.3 Å². The molecule has 0 spiro atoms. The number of aliphatic carboxylic acids is 1. The largest absolute Gasteiger partial charge is 0.493 e. The number of hydrogen-bond acceptors (Lipinski definition) is 5. The van der Waals surface area contributed by atoms with Crippen LogP contribution in [-0.2, 0) is 4.79 Å². The number of aliphatic hydroxyl groups excluding tert-OH is 1. The first-order valence-corrected chi connectivity index (χ1v) is 11.7. The maximum absolute atomic E-state index is 12.5. The molecule has 1 heterocycles. The van der Waals surface area contributed by atoms with E-state index in [1.807, 2.05) is 0 Å². The summed E-state index contributed by atoms with van der Waals surface area (Å²) < 4.78 is 11.4. The first-order valence-electron chi connectivity index (χ1n) is 10.6. The number of carbonyl (C=O) groups is 2. The number of aliphatic hydroxyl groups is 1. The van der Waals surface area contributed by atoms with Crippen molar-refractivity contribution in [1.29, 1.82) is 0 Å². The number of fused-ring (bicyclic) bond motifs is 1. The van der Waals surface area contributed by atoms with Crippen molar-refractivity contribution in [3.63, 3.8) is 0 Å². The molecular weight excluding hydrogens is 517 g/mol.